The molecule has 1 aromatic rings. The summed E-state index contributed by atoms with van der Waals surface area (Å²) in [6.45, 7) is 3.41. The molecule has 2 unspecified atom stereocenters. The van der Waals surface area contributed by atoms with Crippen LogP contribution in [0.15, 0.2) is 17.3 Å². The number of aliphatic hydroxyl groups excluding tert-OH is 1. The molecule has 15 heavy (non-hydrogen) atoms. The molecule has 0 aliphatic carbocycles. The first-order valence-electron chi connectivity index (χ1n) is 4.59. The fourth-order valence-electron chi connectivity index (χ4n) is 0.973. The van der Waals surface area contributed by atoms with Gasteiger partial charge < -0.3 is 5.11 Å². The SMILES string of the molecule is CC(CO)C(C)NS(=O)(=O)c1cn[nH]c1. The highest BCUT2D eigenvalue weighted by Gasteiger charge is 2.21. The Kier molecular flexibility index (Phi) is 3.83. The smallest absolute Gasteiger partial charge is 0.243 e. The van der Waals surface area contributed by atoms with Gasteiger partial charge in [0, 0.05) is 18.8 Å². The van der Waals surface area contributed by atoms with Gasteiger partial charge in [-0.2, -0.15) is 5.10 Å². The molecule has 0 saturated carbocycles. The summed E-state index contributed by atoms with van der Waals surface area (Å²) in [5.74, 6) is -0.133. The average molecular weight is 233 g/mol. The maximum absolute atomic E-state index is 11.7. The highest BCUT2D eigenvalue weighted by Crippen LogP contribution is 2.09. The van der Waals surface area contributed by atoms with E-state index in [-0.39, 0.29) is 23.5 Å². The Morgan fingerprint density at radius 3 is 2.73 bits per heavy atom. The molecule has 0 aromatic carbocycles. The van der Waals surface area contributed by atoms with E-state index in [4.69, 9.17) is 5.11 Å². The molecule has 0 fully saturated rings. The summed E-state index contributed by atoms with van der Waals surface area (Å²) >= 11 is 0. The normalized spacial score (nSPS) is 16.2. The van der Waals surface area contributed by atoms with E-state index in [1.165, 1.54) is 12.4 Å². The van der Waals surface area contributed by atoms with E-state index in [2.05, 4.69) is 14.9 Å². The van der Waals surface area contributed by atoms with Crippen LogP contribution in [0.5, 0.6) is 0 Å². The summed E-state index contributed by atoms with van der Waals surface area (Å²) in [7, 11) is -3.53. The minimum atomic E-state index is -3.53. The molecule has 0 radical (unpaired) electrons. The molecule has 7 heteroatoms. The lowest BCUT2D eigenvalue weighted by molar-refractivity contribution is 0.216. The first-order chi connectivity index (χ1) is 6.97. The first-order valence-corrected chi connectivity index (χ1v) is 6.07. The monoisotopic (exact) mass is 233 g/mol. The van der Waals surface area contributed by atoms with Crippen LogP contribution < -0.4 is 4.72 Å². The van der Waals surface area contributed by atoms with Crippen LogP contribution in [-0.4, -0.2) is 36.4 Å². The van der Waals surface area contributed by atoms with Gasteiger partial charge in [-0.05, 0) is 12.8 Å². The second-order valence-corrected chi connectivity index (χ2v) is 5.22. The number of nitrogens with zero attached hydrogens (tertiary/aromatic N) is 1. The number of hydrogen-bond donors (Lipinski definition) is 3. The third kappa shape index (κ3) is 3.01. The molecule has 6 nitrogen and oxygen atoms in total. The van der Waals surface area contributed by atoms with Gasteiger partial charge in [-0.3, -0.25) is 5.10 Å². The van der Waals surface area contributed by atoms with E-state index in [1.807, 2.05) is 0 Å². The molecule has 0 bridgehead atoms. The predicted octanol–water partition coefficient (Wildman–Crippen LogP) is -0.295. The lowest BCUT2D eigenvalue weighted by Crippen LogP contribution is -2.38. The Bertz CT molecular complexity index is 387. The summed E-state index contributed by atoms with van der Waals surface area (Å²) in [6, 6.07) is -0.324. The number of aromatic nitrogens is 2. The molecule has 0 amide bonds. The third-order valence-corrected chi connectivity index (χ3v) is 3.79. The van der Waals surface area contributed by atoms with E-state index in [9.17, 15) is 8.42 Å². The minimum absolute atomic E-state index is 0.0604. The number of hydrogen-bond acceptors (Lipinski definition) is 4. The molecule has 1 heterocycles. The zero-order valence-electron chi connectivity index (χ0n) is 8.64. The molecule has 3 N–H and O–H groups in total. The summed E-state index contributed by atoms with van der Waals surface area (Å²) in [4.78, 5) is 0.0967. The molecule has 86 valence electrons. The van der Waals surface area contributed by atoms with Crippen molar-refractivity contribution >= 4 is 10.0 Å². The number of aromatic amines is 1. The van der Waals surface area contributed by atoms with Gasteiger partial charge in [0.15, 0.2) is 0 Å². The molecule has 1 rings (SSSR count). The topological polar surface area (TPSA) is 95.1 Å². The van der Waals surface area contributed by atoms with Crippen molar-refractivity contribution in [3.63, 3.8) is 0 Å². The van der Waals surface area contributed by atoms with Crippen LogP contribution in [-0.2, 0) is 10.0 Å². The van der Waals surface area contributed by atoms with Gasteiger partial charge in [-0.15, -0.1) is 0 Å². The molecule has 0 aliphatic rings. The lowest BCUT2D eigenvalue weighted by atomic mass is 10.1. The number of nitrogens with one attached hydrogen (secondary N) is 2. The molecular weight excluding hydrogens is 218 g/mol. The van der Waals surface area contributed by atoms with Crippen LogP contribution in [0.4, 0.5) is 0 Å². The molecule has 0 spiro atoms. The number of rotatable bonds is 5. The Labute approximate surface area is 88.8 Å². The number of H-pyrrole nitrogens is 1. The van der Waals surface area contributed by atoms with Crippen molar-refractivity contribution in [2.75, 3.05) is 6.61 Å². The van der Waals surface area contributed by atoms with Crippen molar-refractivity contribution in [2.24, 2.45) is 5.92 Å². The van der Waals surface area contributed by atoms with Crippen molar-refractivity contribution in [3.8, 4) is 0 Å². The summed E-state index contributed by atoms with van der Waals surface area (Å²) in [5, 5.41) is 14.9. The summed E-state index contributed by atoms with van der Waals surface area (Å²) in [5.41, 5.74) is 0. The van der Waals surface area contributed by atoms with Crippen LogP contribution in [0.25, 0.3) is 0 Å². The number of sulfonamides is 1. The van der Waals surface area contributed by atoms with E-state index in [0.717, 1.165) is 0 Å². The second-order valence-electron chi connectivity index (χ2n) is 3.50. The van der Waals surface area contributed by atoms with Crippen molar-refractivity contribution in [1.29, 1.82) is 0 Å². The lowest BCUT2D eigenvalue weighted by Gasteiger charge is -2.18. The quantitative estimate of drug-likeness (QED) is 0.651. The molecule has 1 aromatic heterocycles. The van der Waals surface area contributed by atoms with E-state index in [1.54, 1.807) is 13.8 Å². The van der Waals surface area contributed by atoms with Gasteiger partial charge in [-0.1, -0.05) is 6.92 Å². The van der Waals surface area contributed by atoms with Gasteiger partial charge in [0.25, 0.3) is 0 Å². The number of aliphatic hydroxyl groups is 1. The van der Waals surface area contributed by atoms with Crippen LogP contribution >= 0.6 is 0 Å². The maximum Gasteiger partial charge on any atom is 0.243 e. The fourth-order valence-corrected chi connectivity index (χ4v) is 2.23. The van der Waals surface area contributed by atoms with Gasteiger partial charge >= 0.3 is 0 Å². The summed E-state index contributed by atoms with van der Waals surface area (Å²) in [6.07, 6.45) is 2.54. The minimum Gasteiger partial charge on any atom is -0.396 e. The maximum atomic E-state index is 11.7. The molecular formula is C8H15N3O3S. The summed E-state index contributed by atoms with van der Waals surface area (Å²) < 4.78 is 25.8. The van der Waals surface area contributed by atoms with E-state index < -0.39 is 10.0 Å². The first kappa shape index (κ1) is 12.2. The highest BCUT2D eigenvalue weighted by molar-refractivity contribution is 7.89. The molecule has 0 saturated heterocycles. The van der Waals surface area contributed by atoms with Gasteiger partial charge in [0.1, 0.15) is 4.90 Å². The third-order valence-electron chi connectivity index (χ3n) is 2.27. The van der Waals surface area contributed by atoms with Crippen molar-refractivity contribution in [2.45, 2.75) is 24.8 Å². The average Bonchev–Trinajstić information content (AvgIpc) is 2.69. The zero-order valence-corrected chi connectivity index (χ0v) is 9.45. The Hall–Kier alpha value is -0.920. The Morgan fingerprint density at radius 2 is 2.27 bits per heavy atom. The fraction of sp³-hybridized carbons (Fsp3) is 0.625. The van der Waals surface area contributed by atoms with Gasteiger partial charge in [0.05, 0.1) is 6.20 Å². The van der Waals surface area contributed by atoms with Crippen LogP contribution in [0.1, 0.15) is 13.8 Å². The van der Waals surface area contributed by atoms with Crippen LogP contribution in [0.2, 0.25) is 0 Å². The zero-order chi connectivity index (χ0) is 11.5. The molecule has 2 atom stereocenters. The van der Waals surface area contributed by atoms with Crippen molar-refractivity contribution < 1.29 is 13.5 Å². The van der Waals surface area contributed by atoms with E-state index >= 15 is 0 Å². The van der Waals surface area contributed by atoms with E-state index in [0.29, 0.717) is 0 Å². The predicted molar refractivity (Wildman–Crippen MR) is 54.6 cm³/mol. The van der Waals surface area contributed by atoms with Crippen molar-refractivity contribution in [1.82, 2.24) is 14.9 Å². The molecule has 0 aliphatic heterocycles. The Balaban J connectivity index is 2.74. The van der Waals surface area contributed by atoms with Gasteiger partial charge in [0.2, 0.25) is 10.0 Å². The van der Waals surface area contributed by atoms with Crippen molar-refractivity contribution in [3.05, 3.63) is 12.4 Å². The second kappa shape index (κ2) is 4.73. The van der Waals surface area contributed by atoms with Crippen LogP contribution in [0.3, 0.4) is 0 Å². The van der Waals surface area contributed by atoms with Gasteiger partial charge in [-0.25, -0.2) is 13.1 Å². The van der Waals surface area contributed by atoms with Crippen LogP contribution in [0, 0.1) is 5.92 Å². The largest absolute Gasteiger partial charge is 0.396 e. The standard InChI is InChI=1S/C8H15N3O3S/c1-6(5-12)7(2)11-15(13,14)8-3-9-10-4-8/h3-4,6-7,11-12H,5H2,1-2H3,(H,9,10). The highest BCUT2D eigenvalue weighted by atomic mass is 32.2. The Morgan fingerprint density at radius 1 is 1.60 bits per heavy atom.